The van der Waals surface area contributed by atoms with E-state index in [1.165, 1.54) is 12.1 Å². The van der Waals surface area contributed by atoms with Gasteiger partial charge in [0.05, 0.1) is 0 Å². The van der Waals surface area contributed by atoms with Crippen molar-refractivity contribution < 1.29 is 22.4 Å². The van der Waals surface area contributed by atoms with Gasteiger partial charge in [-0.15, -0.1) is 0 Å². The lowest BCUT2D eigenvalue weighted by Crippen LogP contribution is -2.13. The normalized spacial score (nSPS) is 11.6. The van der Waals surface area contributed by atoms with Crippen LogP contribution < -0.4 is 0 Å². The molecular weight excluding hydrogens is 264 g/mol. The maximum Gasteiger partial charge on any atom is 0.435 e. The number of nitrogens with zero attached hydrogens (tertiary/aromatic N) is 2. The molecule has 0 saturated carbocycles. The Hall–Kier alpha value is -2.18. The molecule has 0 bridgehead atoms. The zero-order valence-corrected chi connectivity index (χ0v) is 9.49. The number of benzene rings is 1. The van der Waals surface area contributed by atoms with Crippen LogP contribution in [-0.2, 0) is 12.7 Å². The van der Waals surface area contributed by atoms with E-state index < -0.39 is 23.5 Å². The standard InChI is InChI=1S/C12H8F4N2O/c13-9-3-1-8(2-4-9)10(19)7-18-6-5-11(17-18)12(14,15)16/h1-6H,7H2. The first-order chi connectivity index (χ1) is 8.86. The summed E-state index contributed by atoms with van der Waals surface area (Å²) in [6.07, 6.45) is -3.46. The molecule has 2 aromatic rings. The number of hydrogen-bond acceptors (Lipinski definition) is 2. The second-order valence-electron chi connectivity index (χ2n) is 3.83. The molecule has 0 aliphatic carbocycles. The second kappa shape index (κ2) is 4.83. The van der Waals surface area contributed by atoms with Gasteiger partial charge in [0, 0.05) is 11.8 Å². The average Bonchev–Trinajstić information content (AvgIpc) is 2.78. The van der Waals surface area contributed by atoms with Gasteiger partial charge in [0.15, 0.2) is 11.5 Å². The minimum Gasteiger partial charge on any atom is -0.292 e. The maximum atomic E-state index is 12.7. The number of halogens is 4. The summed E-state index contributed by atoms with van der Waals surface area (Å²) in [6, 6.07) is 5.55. The van der Waals surface area contributed by atoms with E-state index in [-0.39, 0.29) is 12.1 Å². The molecule has 1 aromatic carbocycles. The third-order valence-electron chi connectivity index (χ3n) is 2.40. The molecule has 1 aromatic heterocycles. The minimum absolute atomic E-state index is 0.213. The van der Waals surface area contributed by atoms with Gasteiger partial charge in [-0.25, -0.2) is 4.39 Å². The molecule has 0 aliphatic heterocycles. The summed E-state index contributed by atoms with van der Waals surface area (Å²) in [5, 5.41) is 3.26. The first kappa shape index (κ1) is 13.3. The van der Waals surface area contributed by atoms with Crippen molar-refractivity contribution in [3.63, 3.8) is 0 Å². The van der Waals surface area contributed by atoms with Gasteiger partial charge >= 0.3 is 6.18 Å². The van der Waals surface area contributed by atoms with Crippen LogP contribution in [0, 0.1) is 5.82 Å². The molecule has 0 aliphatic rings. The largest absolute Gasteiger partial charge is 0.435 e. The molecular formula is C12H8F4N2O. The average molecular weight is 272 g/mol. The Balaban J connectivity index is 2.11. The van der Waals surface area contributed by atoms with E-state index >= 15 is 0 Å². The Bertz CT molecular complexity index is 587. The van der Waals surface area contributed by atoms with Crippen LogP contribution in [0.15, 0.2) is 36.5 Å². The number of carbonyl (C=O) groups is 1. The van der Waals surface area contributed by atoms with Crippen molar-refractivity contribution in [1.29, 1.82) is 0 Å². The SMILES string of the molecule is O=C(Cn1ccc(C(F)(F)F)n1)c1ccc(F)cc1. The van der Waals surface area contributed by atoms with Crippen LogP contribution in [0.4, 0.5) is 17.6 Å². The Kier molecular flexibility index (Phi) is 3.37. The Morgan fingerprint density at radius 1 is 1.16 bits per heavy atom. The monoisotopic (exact) mass is 272 g/mol. The number of rotatable bonds is 3. The van der Waals surface area contributed by atoms with Gasteiger partial charge in [-0.1, -0.05) is 0 Å². The van der Waals surface area contributed by atoms with Gasteiger partial charge in [-0.3, -0.25) is 9.48 Å². The number of carbonyl (C=O) groups excluding carboxylic acids is 1. The molecule has 0 N–H and O–H groups in total. The van der Waals surface area contributed by atoms with Crippen molar-refractivity contribution >= 4 is 5.78 Å². The van der Waals surface area contributed by atoms with Crippen LogP contribution in [0.25, 0.3) is 0 Å². The summed E-state index contributed by atoms with van der Waals surface area (Å²) < 4.78 is 50.5. The summed E-state index contributed by atoms with van der Waals surface area (Å²) in [5.41, 5.74) is -0.843. The number of alkyl halides is 3. The molecule has 19 heavy (non-hydrogen) atoms. The van der Waals surface area contributed by atoms with E-state index in [0.717, 1.165) is 29.1 Å². The first-order valence-corrected chi connectivity index (χ1v) is 5.26. The highest BCUT2D eigenvalue weighted by Crippen LogP contribution is 2.27. The highest BCUT2D eigenvalue weighted by atomic mass is 19.4. The lowest BCUT2D eigenvalue weighted by atomic mass is 10.1. The number of aromatic nitrogens is 2. The van der Waals surface area contributed by atoms with E-state index in [0.29, 0.717) is 0 Å². The van der Waals surface area contributed by atoms with Gasteiger partial charge in [0.2, 0.25) is 0 Å². The van der Waals surface area contributed by atoms with E-state index in [4.69, 9.17) is 0 Å². The Morgan fingerprint density at radius 2 is 1.79 bits per heavy atom. The highest BCUT2D eigenvalue weighted by molar-refractivity contribution is 5.95. The molecule has 0 amide bonds. The van der Waals surface area contributed by atoms with Crippen LogP contribution in [0.3, 0.4) is 0 Å². The molecule has 0 atom stereocenters. The third kappa shape index (κ3) is 3.18. The molecule has 0 radical (unpaired) electrons. The smallest absolute Gasteiger partial charge is 0.292 e. The number of hydrogen-bond donors (Lipinski definition) is 0. The van der Waals surface area contributed by atoms with Crippen molar-refractivity contribution in [2.75, 3.05) is 0 Å². The second-order valence-corrected chi connectivity index (χ2v) is 3.83. The quantitative estimate of drug-likeness (QED) is 0.636. The summed E-state index contributed by atoms with van der Waals surface area (Å²) in [6.45, 7) is -0.332. The molecule has 0 fully saturated rings. The Morgan fingerprint density at radius 3 is 2.32 bits per heavy atom. The summed E-state index contributed by atoms with van der Waals surface area (Å²) in [4.78, 5) is 11.7. The summed E-state index contributed by atoms with van der Waals surface area (Å²) >= 11 is 0. The maximum absolute atomic E-state index is 12.7. The molecule has 0 saturated heterocycles. The van der Waals surface area contributed by atoms with E-state index in [1.807, 2.05) is 0 Å². The van der Waals surface area contributed by atoms with Crippen LogP contribution in [-0.4, -0.2) is 15.6 Å². The molecule has 3 nitrogen and oxygen atoms in total. The van der Waals surface area contributed by atoms with Crippen LogP contribution >= 0.6 is 0 Å². The summed E-state index contributed by atoms with van der Waals surface area (Å²) in [5.74, 6) is -0.938. The van der Waals surface area contributed by atoms with E-state index in [9.17, 15) is 22.4 Å². The molecule has 7 heteroatoms. The molecule has 0 unspecified atom stereocenters. The van der Waals surface area contributed by atoms with Crippen LogP contribution in [0.1, 0.15) is 16.1 Å². The topological polar surface area (TPSA) is 34.9 Å². The van der Waals surface area contributed by atoms with Crippen molar-refractivity contribution in [2.45, 2.75) is 12.7 Å². The highest BCUT2D eigenvalue weighted by Gasteiger charge is 2.33. The number of Topliss-reactive ketones (excluding diaryl/α,β-unsaturated/α-hetero) is 1. The van der Waals surface area contributed by atoms with E-state index in [1.54, 1.807) is 0 Å². The van der Waals surface area contributed by atoms with E-state index in [2.05, 4.69) is 5.10 Å². The van der Waals surface area contributed by atoms with Crippen molar-refractivity contribution in [3.8, 4) is 0 Å². The van der Waals surface area contributed by atoms with Crippen molar-refractivity contribution in [2.24, 2.45) is 0 Å². The fraction of sp³-hybridized carbons (Fsp3) is 0.167. The lowest BCUT2D eigenvalue weighted by molar-refractivity contribution is -0.141. The molecule has 1 heterocycles. The zero-order valence-electron chi connectivity index (χ0n) is 9.49. The molecule has 0 spiro atoms. The predicted octanol–water partition coefficient (Wildman–Crippen LogP) is 2.92. The van der Waals surface area contributed by atoms with Crippen molar-refractivity contribution in [1.82, 2.24) is 9.78 Å². The Labute approximate surface area is 105 Å². The minimum atomic E-state index is -4.54. The predicted molar refractivity (Wildman–Crippen MR) is 58.0 cm³/mol. The molecule has 2 rings (SSSR count). The lowest BCUT2D eigenvalue weighted by Gasteiger charge is -2.03. The zero-order chi connectivity index (χ0) is 14.0. The summed E-state index contributed by atoms with van der Waals surface area (Å²) in [7, 11) is 0. The molecule has 100 valence electrons. The van der Waals surface area contributed by atoms with Crippen molar-refractivity contribution in [3.05, 3.63) is 53.6 Å². The van der Waals surface area contributed by atoms with Crippen LogP contribution in [0.2, 0.25) is 0 Å². The van der Waals surface area contributed by atoms with Gasteiger partial charge in [-0.05, 0) is 30.3 Å². The van der Waals surface area contributed by atoms with Gasteiger partial charge in [0.1, 0.15) is 12.4 Å². The fourth-order valence-electron chi connectivity index (χ4n) is 1.48. The number of ketones is 1. The first-order valence-electron chi connectivity index (χ1n) is 5.26. The van der Waals surface area contributed by atoms with Crippen LogP contribution in [0.5, 0.6) is 0 Å². The van der Waals surface area contributed by atoms with Gasteiger partial charge < -0.3 is 0 Å². The van der Waals surface area contributed by atoms with Gasteiger partial charge in [-0.2, -0.15) is 18.3 Å². The fourth-order valence-corrected chi connectivity index (χ4v) is 1.48. The van der Waals surface area contributed by atoms with Gasteiger partial charge in [0.25, 0.3) is 0 Å². The third-order valence-corrected chi connectivity index (χ3v) is 2.40.